The van der Waals surface area contributed by atoms with E-state index in [9.17, 15) is 5.11 Å². The summed E-state index contributed by atoms with van der Waals surface area (Å²) in [5.41, 5.74) is 1.80. The first-order valence-electron chi connectivity index (χ1n) is 10.2. The van der Waals surface area contributed by atoms with Crippen LogP contribution in [0.2, 0.25) is 0 Å². The van der Waals surface area contributed by atoms with E-state index >= 15 is 0 Å². The first-order valence-corrected chi connectivity index (χ1v) is 10.2. The van der Waals surface area contributed by atoms with Crippen molar-refractivity contribution in [2.45, 2.75) is 77.6 Å². The van der Waals surface area contributed by atoms with Crippen molar-refractivity contribution >= 4 is 0 Å². The normalized spacial score (nSPS) is 52.8. The van der Waals surface area contributed by atoms with Crippen molar-refractivity contribution in [3.05, 3.63) is 35.9 Å². The summed E-state index contributed by atoms with van der Waals surface area (Å²) in [7, 11) is 0. The molecule has 5 rings (SSSR count). The molecule has 1 aliphatic heterocycles. The smallest absolute Gasteiger partial charge is 0.172 e. The standard InChI is InChI=1S/C23H32O2/c1-20(2)11-8-12-21(3)18(20)14-23(24)22(4)16(13-17(25-23)19(21)22)15-9-6-5-7-10-15/h5-7,9-10,16-19,24H,8,11-14H2,1-4H3/t16-,17-,18+,19+,21+,22+,23+/m0/s1. The van der Waals surface area contributed by atoms with Gasteiger partial charge in [0.25, 0.3) is 0 Å². The fourth-order valence-corrected chi connectivity index (χ4v) is 8.09. The lowest BCUT2D eigenvalue weighted by atomic mass is 9.42. The Morgan fingerprint density at radius 2 is 1.76 bits per heavy atom. The highest BCUT2D eigenvalue weighted by Gasteiger charge is 2.79. The van der Waals surface area contributed by atoms with E-state index in [2.05, 4.69) is 58.0 Å². The minimum absolute atomic E-state index is 0.169. The molecule has 4 bridgehead atoms. The van der Waals surface area contributed by atoms with Gasteiger partial charge >= 0.3 is 0 Å². The van der Waals surface area contributed by atoms with Crippen LogP contribution in [-0.2, 0) is 4.74 Å². The Kier molecular flexibility index (Phi) is 3.07. The summed E-state index contributed by atoms with van der Waals surface area (Å²) in [4.78, 5) is 0. The third kappa shape index (κ3) is 1.78. The lowest BCUT2D eigenvalue weighted by Gasteiger charge is -2.63. The van der Waals surface area contributed by atoms with Crippen LogP contribution in [0.4, 0.5) is 0 Å². The van der Waals surface area contributed by atoms with Crippen molar-refractivity contribution in [3.8, 4) is 0 Å². The molecule has 0 aromatic heterocycles. The van der Waals surface area contributed by atoms with Gasteiger partial charge in [0.2, 0.25) is 0 Å². The summed E-state index contributed by atoms with van der Waals surface area (Å²) in [5.74, 6) is 0.468. The Balaban J connectivity index is 1.65. The minimum Gasteiger partial charge on any atom is -0.365 e. The molecule has 2 nitrogen and oxygen atoms in total. The van der Waals surface area contributed by atoms with E-state index in [0.29, 0.717) is 23.2 Å². The van der Waals surface area contributed by atoms with Gasteiger partial charge in [-0.15, -0.1) is 0 Å². The van der Waals surface area contributed by atoms with E-state index in [1.807, 2.05) is 0 Å². The fourth-order valence-electron chi connectivity index (χ4n) is 8.09. The molecule has 0 spiro atoms. The van der Waals surface area contributed by atoms with Crippen molar-refractivity contribution in [1.82, 2.24) is 0 Å². The number of ether oxygens (including phenoxy) is 1. The number of benzene rings is 1. The van der Waals surface area contributed by atoms with Crippen LogP contribution < -0.4 is 0 Å². The second-order valence-electron chi connectivity index (χ2n) is 10.5. The lowest BCUT2D eigenvalue weighted by Crippen LogP contribution is -2.62. The average Bonchev–Trinajstić information content (AvgIpc) is 2.93. The van der Waals surface area contributed by atoms with Gasteiger partial charge in [-0.1, -0.05) is 64.4 Å². The lowest BCUT2D eigenvalue weighted by molar-refractivity contribution is -0.295. The molecular formula is C23H32O2. The zero-order valence-corrected chi connectivity index (χ0v) is 16.1. The van der Waals surface area contributed by atoms with Gasteiger partial charge in [-0.25, -0.2) is 0 Å². The van der Waals surface area contributed by atoms with Gasteiger partial charge in [0.05, 0.1) is 6.10 Å². The third-order valence-corrected chi connectivity index (χ3v) is 9.07. The largest absolute Gasteiger partial charge is 0.365 e. The molecule has 3 saturated carbocycles. The molecular weight excluding hydrogens is 308 g/mol. The van der Waals surface area contributed by atoms with Crippen LogP contribution in [0.3, 0.4) is 0 Å². The maximum Gasteiger partial charge on any atom is 0.172 e. The van der Waals surface area contributed by atoms with E-state index in [-0.39, 0.29) is 16.9 Å². The molecule has 1 aromatic carbocycles. The maximum atomic E-state index is 11.8. The molecule has 3 aliphatic carbocycles. The van der Waals surface area contributed by atoms with Crippen molar-refractivity contribution in [3.63, 3.8) is 0 Å². The van der Waals surface area contributed by atoms with Gasteiger partial charge in [0.1, 0.15) is 0 Å². The molecule has 1 N–H and O–H groups in total. The molecule has 0 amide bonds. The monoisotopic (exact) mass is 340 g/mol. The minimum atomic E-state index is -0.958. The predicted octanol–water partition coefficient (Wildman–Crippen LogP) is 5.12. The second-order valence-corrected chi connectivity index (χ2v) is 10.5. The van der Waals surface area contributed by atoms with Gasteiger partial charge in [0.15, 0.2) is 5.79 Å². The van der Waals surface area contributed by atoms with Crippen molar-refractivity contribution in [2.75, 3.05) is 0 Å². The summed E-state index contributed by atoms with van der Waals surface area (Å²) in [6, 6.07) is 10.9. The maximum absolute atomic E-state index is 11.8. The number of hydrogen-bond acceptors (Lipinski definition) is 2. The van der Waals surface area contributed by atoms with Crippen LogP contribution in [0.1, 0.15) is 71.3 Å². The average molecular weight is 341 g/mol. The van der Waals surface area contributed by atoms with Crippen molar-refractivity contribution in [1.29, 1.82) is 0 Å². The van der Waals surface area contributed by atoms with Crippen LogP contribution in [-0.4, -0.2) is 17.0 Å². The quantitative estimate of drug-likeness (QED) is 0.769. The molecule has 1 aromatic rings. The summed E-state index contributed by atoms with van der Waals surface area (Å²) in [6.07, 6.45) is 5.97. The van der Waals surface area contributed by atoms with Gasteiger partial charge in [0, 0.05) is 17.8 Å². The Bertz CT molecular complexity index is 697. The van der Waals surface area contributed by atoms with E-state index in [0.717, 1.165) is 12.8 Å². The Morgan fingerprint density at radius 1 is 1.04 bits per heavy atom. The highest BCUT2D eigenvalue weighted by molar-refractivity contribution is 5.33. The fraction of sp³-hybridized carbons (Fsp3) is 0.739. The SMILES string of the molecule is CC1(C)CCC[C@]2(C)[C@@H]1C[C@@]1(O)O[C@H]3C[C@@H](c4ccccc4)[C@]1(C)[C@H]32. The number of fused-ring (bicyclic) bond motifs is 1. The highest BCUT2D eigenvalue weighted by atomic mass is 16.6. The van der Waals surface area contributed by atoms with Gasteiger partial charge in [-0.3, -0.25) is 0 Å². The first-order chi connectivity index (χ1) is 11.7. The van der Waals surface area contributed by atoms with Crippen molar-refractivity contribution < 1.29 is 9.84 Å². The molecule has 7 atom stereocenters. The molecule has 1 saturated heterocycles. The number of aliphatic hydroxyl groups is 1. The van der Waals surface area contributed by atoms with Crippen LogP contribution in [0.25, 0.3) is 0 Å². The Labute approximate surface area is 152 Å². The van der Waals surface area contributed by atoms with E-state index < -0.39 is 5.79 Å². The van der Waals surface area contributed by atoms with Crippen LogP contribution in [0.5, 0.6) is 0 Å². The zero-order valence-electron chi connectivity index (χ0n) is 16.1. The van der Waals surface area contributed by atoms with E-state index in [1.54, 1.807) is 0 Å². The predicted molar refractivity (Wildman–Crippen MR) is 99.1 cm³/mol. The molecule has 25 heavy (non-hydrogen) atoms. The van der Waals surface area contributed by atoms with Gasteiger partial charge in [-0.2, -0.15) is 0 Å². The molecule has 136 valence electrons. The Morgan fingerprint density at radius 3 is 2.48 bits per heavy atom. The molecule has 2 heteroatoms. The van der Waals surface area contributed by atoms with Gasteiger partial charge < -0.3 is 9.84 Å². The molecule has 0 radical (unpaired) electrons. The van der Waals surface area contributed by atoms with E-state index in [4.69, 9.17) is 4.74 Å². The highest BCUT2D eigenvalue weighted by Crippen LogP contribution is 2.78. The molecule has 4 fully saturated rings. The van der Waals surface area contributed by atoms with Crippen LogP contribution in [0.15, 0.2) is 30.3 Å². The van der Waals surface area contributed by atoms with Crippen molar-refractivity contribution in [2.24, 2.45) is 28.1 Å². The summed E-state index contributed by atoms with van der Waals surface area (Å²) < 4.78 is 6.43. The van der Waals surface area contributed by atoms with Crippen LogP contribution in [0, 0.1) is 28.1 Å². The first kappa shape index (κ1) is 16.3. The van der Waals surface area contributed by atoms with Gasteiger partial charge in [-0.05, 0) is 47.5 Å². The third-order valence-electron chi connectivity index (χ3n) is 9.07. The molecule has 4 aliphatic rings. The van der Waals surface area contributed by atoms with E-state index in [1.165, 1.54) is 24.8 Å². The summed E-state index contributed by atoms with van der Waals surface area (Å²) >= 11 is 0. The molecule has 1 heterocycles. The second kappa shape index (κ2) is 4.70. The Hall–Kier alpha value is -0.860. The summed E-state index contributed by atoms with van der Waals surface area (Å²) in [6.45, 7) is 9.70. The number of hydrogen-bond donors (Lipinski definition) is 1. The zero-order chi connectivity index (χ0) is 17.7. The van der Waals surface area contributed by atoms with Crippen LogP contribution >= 0.6 is 0 Å². The number of rotatable bonds is 1. The molecule has 0 unspecified atom stereocenters. The summed E-state index contributed by atoms with van der Waals surface area (Å²) in [5, 5.41) is 11.8. The topological polar surface area (TPSA) is 29.5 Å².